The fourth-order valence-corrected chi connectivity index (χ4v) is 3.09. The van der Waals surface area contributed by atoms with Crippen molar-refractivity contribution in [3.05, 3.63) is 34.1 Å². The maximum absolute atomic E-state index is 13.2. The number of halogens is 2. The fourth-order valence-electron chi connectivity index (χ4n) is 2.47. The van der Waals surface area contributed by atoms with Crippen LogP contribution in [0, 0.1) is 5.82 Å². The van der Waals surface area contributed by atoms with E-state index in [0.29, 0.717) is 12.6 Å². The van der Waals surface area contributed by atoms with Crippen LogP contribution in [0.2, 0.25) is 0 Å². The van der Waals surface area contributed by atoms with Gasteiger partial charge in [0, 0.05) is 23.1 Å². The van der Waals surface area contributed by atoms with Crippen molar-refractivity contribution in [1.82, 2.24) is 4.90 Å². The Morgan fingerprint density at radius 3 is 2.72 bits per heavy atom. The normalized spacial score (nSPS) is 17.2. The van der Waals surface area contributed by atoms with Crippen LogP contribution in [0.5, 0.6) is 0 Å². The molecule has 2 nitrogen and oxygen atoms in total. The lowest BCUT2D eigenvalue weighted by Crippen LogP contribution is -2.36. The molecule has 1 aromatic rings. The molecule has 2 N–H and O–H groups in total. The third kappa shape index (κ3) is 3.11. The molecule has 0 amide bonds. The van der Waals surface area contributed by atoms with Gasteiger partial charge in [0.25, 0.3) is 0 Å². The Morgan fingerprint density at radius 1 is 1.50 bits per heavy atom. The first kappa shape index (κ1) is 14.0. The van der Waals surface area contributed by atoms with Gasteiger partial charge in [-0.25, -0.2) is 4.39 Å². The molecule has 1 unspecified atom stereocenters. The van der Waals surface area contributed by atoms with Crippen LogP contribution in [0.1, 0.15) is 37.8 Å². The molecule has 0 heterocycles. The topological polar surface area (TPSA) is 29.3 Å². The van der Waals surface area contributed by atoms with Crippen molar-refractivity contribution >= 4 is 15.9 Å². The third-order valence-electron chi connectivity index (χ3n) is 3.44. The molecule has 1 atom stereocenters. The van der Waals surface area contributed by atoms with Gasteiger partial charge in [-0.3, -0.25) is 4.90 Å². The maximum atomic E-state index is 13.2. The van der Waals surface area contributed by atoms with E-state index in [2.05, 4.69) is 27.8 Å². The van der Waals surface area contributed by atoms with Gasteiger partial charge in [-0.15, -0.1) is 0 Å². The quantitative estimate of drug-likeness (QED) is 0.871. The summed E-state index contributed by atoms with van der Waals surface area (Å²) in [6.45, 7) is 3.81. The lowest BCUT2D eigenvalue weighted by molar-refractivity contribution is 0.191. The summed E-state index contributed by atoms with van der Waals surface area (Å²) in [5, 5.41) is 0. The summed E-state index contributed by atoms with van der Waals surface area (Å²) in [5.74, 6) is -0.213. The molecule has 0 bridgehead atoms. The summed E-state index contributed by atoms with van der Waals surface area (Å²) in [7, 11) is 0. The minimum absolute atomic E-state index is 0.187. The largest absolute Gasteiger partial charge is 0.329 e. The van der Waals surface area contributed by atoms with E-state index < -0.39 is 0 Å². The molecular formula is C14H20BrFN2. The highest BCUT2D eigenvalue weighted by Crippen LogP contribution is 2.36. The van der Waals surface area contributed by atoms with E-state index in [9.17, 15) is 4.39 Å². The van der Waals surface area contributed by atoms with E-state index >= 15 is 0 Å². The summed E-state index contributed by atoms with van der Waals surface area (Å²) < 4.78 is 14.0. The van der Waals surface area contributed by atoms with Crippen molar-refractivity contribution < 1.29 is 4.39 Å². The number of hydrogen-bond donors (Lipinski definition) is 1. The number of benzene rings is 1. The maximum Gasteiger partial charge on any atom is 0.124 e. The summed E-state index contributed by atoms with van der Waals surface area (Å²) in [6, 6.07) is 5.74. The third-order valence-corrected chi connectivity index (χ3v) is 4.13. The summed E-state index contributed by atoms with van der Waals surface area (Å²) in [6.07, 6.45) is 3.64. The first-order valence-electron chi connectivity index (χ1n) is 6.58. The van der Waals surface area contributed by atoms with Gasteiger partial charge in [0.15, 0.2) is 0 Å². The zero-order chi connectivity index (χ0) is 13.1. The van der Waals surface area contributed by atoms with Crippen LogP contribution in [0.15, 0.2) is 22.7 Å². The van der Waals surface area contributed by atoms with Crippen LogP contribution in [0.4, 0.5) is 4.39 Å². The average Bonchev–Trinajstić information content (AvgIpc) is 3.15. The molecule has 1 aromatic carbocycles. The smallest absolute Gasteiger partial charge is 0.124 e. The second kappa shape index (κ2) is 6.13. The van der Waals surface area contributed by atoms with Crippen LogP contribution in [-0.2, 0) is 0 Å². The van der Waals surface area contributed by atoms with Crippen LogP contribution < -0.4 is 5.73 Å². The molecule has 0 spiro atoms. The van der Waals surface area contributed by atoms with Gasteiger partial charge in [-0.05, 0) is 43.5 Å². The van der Waals surface area contributed by atoms with Crippen LogP contribution in [0.25, 0.3) is 0 Å². The summed E-state index contributed by atoms with van der Waals surface area (Å²) >= 11 is 3.46. The zero-order valence-electron chi connectivity index (χ0n) is 10.7. The Bertz CT molecular complexity index is 407. The highest BCUT2D eigenvalue weighted by atomic mass is 79.9. The molecule has 0 saturated heterocycles. The van der Waals surface area contributed by atoms with Gasteiger partial charge >= 0.3 is 0 Å². The van der Waals surface area contributed by atoms with Gasteiger partial charge in [0.2, 0.25) is 0 Å². The van der Waals surface area contributed by atoms with Crippen molar-refractivity contribution in [3.8, 4) is 0 Å². The fraction of sp³-hybridized carbons (Fsp3) is 0.571. The van der Waals surface area contributed by atoms with E-state index in [1.54, 1.807) is 0 Å². The first-order chi connectivity index (χ1) is 8.67. The summed E-state index contributed by atoms with van der Waals surface area (Å²) in [5.41, 5.74) is 7.05. The monoisotopic (exact) mass is 314 g/mol. The van der Waals surface area contributed by atoms with Crippen LogP contribution >= 0.6 is 15.9 Å². The van der Waals surface area contributed by atoms with E-state index in [0.717, 1.165) is 23.0 Å². The van der Waals surface area contributed by atoms with Gasteiger partial charge in [0.05, 0.1) is 0 Å². The number of nitrogens with two attached hydrogens (primary N) is 1. The highest BCUT2D eigenvalue weighted by molar-refractivity contribution is 9.10. The second-order valence-corrected chi connectivity index (χ2v) is 5.74. The van der Waals surface area contributed by atoms with Gasteiger partial charge in [0.1, 0.15) is 5.82 Å². The molecule has 4 heteroatoms. The summed E-state index contributed by atoms with van der Waals surface area (Å²) in [4.78, 5) is 2.47. The number of rotatable bonds is 6. The molecule has 0 aliphatic heterocycles. The predicted molar refractivity (Wildman–Crippen MR) is 75.9 cm³/mol. The molecule has 1 aliphatic rings. The molecule has 100 valence electrons. The highest BCUT2D eigenvalue weighted by Gasteiger charge is 2.34. The average molecular weight is 315 g/mol. The molecular weight excluding hydrogens is 295 g/mol. The number of nitrogens with zero attached hydrogens (tertiary/aromatic N) is 1. The van der Waals surface area contributed by atoms with E-state index in [1.165, 1.54) is 25.0 Å². The minimum Gasteiger partial charge on any atom is -0.329 e. The van der Waals surface area contributed by atoms with Gasteiger partial charge in [-0.1, -0.05) is 28.9 Å². The predicted octanol–water partition coefficient (Wildman–Crippen LogP) is 3.46. The van der Waals surface area contributed by atoms with E-state index in [1.807, 2.05) is 6.07 Å². The van der Waals surface area contributed by atoms with Crippen LogP contribution in [0.3, 0.4) is 0 Å². The Kier molecular flexibility index (Phi) is 4.76. The second-order valence-electron chi connectivity index (χ2n) is 4.89. The standard InChI is InChI=1S/C14H20BrFN2/c1-2-7-18(11-4-5-11)14(9-17)12-6-3-10(16)8-13(12)15/h3,6,8,11,14H,2,4-5,7,9,17H2,1H3. The Balaban J connectivity index is 2.25. The van der Waals surface area contributed by atoms with Crippen LogP contribution in [-0.4, -0.2) is 24.0 Å². The van der Waals surface area contributed by atoms with E-state index in [4.69, 9.17) is 5.73 Å². The lowest BCUT2D eigenvalue weighted by atomic mass is 10.0. The Morgan fingerprint density at radius 2 is 2.22 bits per heavy atom. The van der Waals surface area contributed by atoms with Crippen molar-refractivity contribution in [2.75, 3.05) is 13.1 Å². The number of hydrogen-bond acceptors (Lipinski definition) is 2. The molecule has 0 aromatic heterocycles. The molecule has 1 aliphatic carbocycles. The lowest BCUT2D eigenvalue weighted by Gasteiger charge is -2.31. The SMILES string of the molecule is CCCN(C1CC1)C(CN)c1ccc(F)cc1Br. The van der Waals surface area contributed by atoms with E-state index in [-0.39, 0.29) is 11.9 Å². The molecule has 1 fully saturated rings. The van der Waals surface area contributed by atoms with Crippen molar-refractivity contribution in [1.29, 1.82) is 0 Å². The van der Waals surface area contributed by atoms with Gasteiger partial charge < -0.3 is 5.73 Å². The van der Waals surface area contributed by atoms with Gasteiger partial charge in [-0.2, -0.15) is 0 Å². The zero-order valence-corrected chi connectivity index (χ0v) is 12.3. The molecule has 0 radical (unpaired) electrons. The van der Waals surface area contributed by atoms with Crippen molar-refractivity contribution in [3.63, 3.8) is 0 Å². The molecule has 18 heavy (non-hydrogen) atoms. The molecule has 2 rings (SSSR count). The Labute approximate surface area is 116 Å². The minimum atomic E-state index is -0.213. The molecule has 1 saturated carbocycles. The Hall–Kier alpha value is -0.450. The van der Waals surface area contributed by atoms with Crippen molar-refractivity contribution in [2.45, 2.75) is 38.3 Å². The van der Waals surface area contributed by atoms with Crippen molar-refractivity contribution in [2.24, 2.45) is 5.73 Å². The first-order valence-corrected chi connectivity index (χ1v) is 7.37.